The van der Waals surface area contributed by atoms with Gasteiger partial charge in [-0.15, -0.1) is 0 Å². The number of sulfone groups is 1. The normalized spacial score (nSPS) is 28.9. The van der Waals surface area contributed by atoms with Gasteiger partial charge in [-0.2, -0.15) is 11.8 Å². The minimum Gasteiger partial charge on any atom is -0.313 e. The number of thioether (sulfide) groups is 1. The van der Waals surface area contributed by atoms with Crippen molar-refractivity contribution >= 4 is 21.6 Å². The van der Waals surface area contributed by atoms with E-state index in [1.165, 1.54) is 12.8 Å². The second-order valence-corrected chi connectivity index (χ2v) is 8.27. The van der Waals surface area contributed by atoms with Gasteiger partial charge in [0.15, 0.2) is 0 Å². The summed E-state index contributed by atoms with van der Waals surface area (Å²) in [5.74, 6) is 0.744. The summed E-state index contributed by atoms with van der Waals surface area (Å²) in [6.07, 6.45) is 6.39. The van der Waals surface area contributed by atoms with Crippen LogP contribution in [-0.4, -0.2) is 43.5 Å². The molecule has 0 amide bonds. The summed E-state index contributed by atoms with van der Waals surface area (Å²) in [5, 5.41) is 3.53. The molecule has 0 aromatic rings. The minimum atomic E-state index is -2.70. The van der Waals surface area contributed by atoms with E-state index in [1.807, 2.05) is 11.8 Å². The van der Waals surface area contributed by atoms with Crippen LogP contribution in [0.3, 0.4) is 0 Å². The summed E-state index contributed by atoms with van der Waals surface area (Å²) in [6, 6.07) is 0.429. The van der Waals surface area contributed by atoms with Gasteiger partial charge in [0.05, 0.1) is 11.5 Å². The topological polar surface area (TPSA) is 46.2 Å². The maximum Gasteiger partial charge on any atom is 0.150 e. The largest absolute Gasteiger partial charge is 0.313 e. The number of rotatable bonds is 4. The first-order chi connectivity index (χ1) is 7.05. The van der Waals surface area contributed by atoms with Crippen molar-refractivity contribution in [2.24, 2.45) is 0 Å². The van der Waals surface area contributed by atoms with Gasteiger partial charge in [-0.3, -0.25) is 0 Å². The molecule has 2 rings (SSSR count). The first-order valence-electron chi connectivity index (χ1n) is 5.54. The predicted octanol–water partition coefficient (Wildman–Crippen LogP) is 1.05. The van der Waals surface area contributed by atoms with Crippen LogP contribution in [0.1, 0.15) is 25.7 Å². The Morgan fingerprint density at radius 1 is 1.33 bits per heavy atom. The second-order valence-electron chi connectivity index (χ2n) is 4.69. The SMILES string of the molecule is CSC1(CNC2CCS(=O)(=O)CC2)CC1. The van der Waals surface area contributed by atoms with Crippen molar-refractivity contribution in [2.45, 2.75) is 36.5 Å². The van der Waals surface area contributed by atoms with Crippen LogP contribution in [0.5, 0.6) is 0 Å². The van der Waals surface area contributed by atoms with Gasteiger partial charge in [0, 0.05) is 17.3 Å². The Hall–Kier alpha value is 0.260. The first-order valence-corrected chi connectivity index (χ1v) is 8.59. The number of hydrogen-bond acceptors (Lipinski definition) is 4. The Morgan fingerprint density at radius 2 is 1.93 bits per heavy atom. The molecule has 1 aliphatic carbocycles. The Bertz CT molecular complexity index is 308. The van der Waals surface area contributed by atoms with Gasteiger partial charge in [-0.1, -0.05) is 0 Å². The smallest absolute Gasteiger partial charge is 0.150 e. The van der Waals surface area contributed by atoms with E-state index in [4.69, 9.17) is 0 Å². The van der Waals surface area contributed by atoms with E-state index in [0.717, 1.165) is 19.4 Å². The van der Waals surface area contributed by atoms with Crippen molar-refractivity contribution in [1.29, 1.82) is 0 Å². The molecule has 15 heavy (non-hydrogen) atoms. The average Bonchev–Trinajstić information content (AvgIpc) is 2.97. The monoisotopic (exact) mass is 249 g/mol. The molecule has 0 spiro atoms. The summed E-state index contributed by atoms with van der Waals surface area (Å²) in [5.41, 5.74) is 0. The molecule has 1 saturated carbocycles. The highest BCUT2D eigenvalue weighted by atomic mass is 32.2. The Morgan fingerprint density at radius 3 is 2.40 bits per heavy atom. The quantitative estimate of drug-likeness (QED) is 0.809. The first kappa shape index (κ1) is 11.7. The molecule has 2 aliphatic rings. The van der Waals surface area contributed by atoms with Gasteiger partial charge in [0.2, 0.25) is 0 Å². The molecule has 1 heterocycles. The molecule has 1 saturated heterocycles. The van der Waals surface area contributed by atoms with Crippen LogP contribution < -0.4 is 5.32 Å². The number of nitrogens with one attached hydrogen (secondary N) is 1. The second kappa shape index (κ2) is 4.26. The lowest BCUT2D eigenvalue weighted by Crippen LogP contribution is -2.40. The van der Waals surface area contributed by atoms with Crippen molar-refractivity contribution in [3.05, 3.63) is 0 Å². The third-order valence-corrected chi connectivity index (χ3v) is 6.64. The summed E-state index contributed by atoms with van der Waals surface area (Å²) in [7, 11) is -2.70. The lowest BCUT2D eigenvalue weighted by molar-refractivity contribution is 0.461. The Kier molecular flexibility index (Phi) is 3.33. The fraction of sp³-hybridized carbons (Fsp3) is 1.00. The summed E-state index contributed by atoms with van der Waals surface area (Å²) >= 11 is 1.95. The third kappa shape index (κ3) is 3.11. The summed E-state index contributed by atoms with van der Waals surface area (Å²) in [6.45, 7) is 1.05. The zero-order chi connectivity index (χ0) is 10.9. The van der Waals surface area contributed by atoms with Crippen LogP contribution in [0.25, 0.3) is 0 Å². The van der Waals surface area contributed by atoms with Gasteiger partial charge in [0.25, 0.3) is 0 Å². The Balaban J connectivity index is 1.73. The maximum absolute atomic E-state index is 11.2. The van der Waals surface area contributed by atoms with Crippen LogP contribution in [0.15, 0.2) is 0 Å². The highest BCUT2D eigenvalue weighted by Gasteiger charge is 2.42. The van der Waals surface area contributed by atoms with E-state index in [9.17, 15) is 8.42 Å². The molecule has 0 bridgehead atoms. The zero-order valence-electron chi connectivity index (χ0n) is 9.16. The van der Waals surface area contributed by atoms with E-state index < -0.39 is 9.84 Å². The molecular formula is C10H19NO2S2. The van der Waals surface area contributed by atoms with Crippen molar-refractivity contribution in [3.63, 3.8) is 0 Å². The fourth-order valence-corrected chi connectivity index (χ4v) is 4.25. The zero-order valence-corrected chi connectivity index (χ0v) is 10.8. The van der Waals surface area contributed by atoms with Gasteiger partial charge < -0.3 is 5.32 Å². The van der Waals surface area contributed by atoms with Gasteiger partial charge in [0.1, 0.15) is 9.84 Å². The fourth-order valence-electron chi connectivity index (χ4n) is 2.02. The van der Waals surface area contributed by atoms with Crippen LogP contribution in [0.4, 0.5) is 0 Å². The van der Waals surface area contributed by atoms with Crippen LogP contribution in [0.2, 0.25) is 0 Å². The minimum absolute atomic E-state index is 0.372. The summed E-state index contributed by atoms with van der Waals surface area (Å²) < 4.78 is 23.0. The van der Waals surface area contributed by atoms with Crippen LogP contribution >= 0.6 is 11.8 Å². The average molecular weight is 249 g/mol. The molecule has 0 unspecified atom stereocenters. The van der Waals surface area contributed by atoms with Gasteiger partial charge in [-0.25, -0.2) is 8.42 Å². The molecule has 0 aromatic heterocycles. The molecule has 1 aliphatic heterocycles. The van der Waals surface area contributed by atoms with E-state index in [1.54, 1.807) is 0 Å². The summed E-state index contributed by atoms with van der Waals surface area (Å²) in [4.78, 5) is 0. The van der Waals surface area contributed by atoms with Gasteiger partial charge in [-0.05, 0) is 31.9 Å². The van der Waals surface area contributed by atoms with Crippen molar-refractivity contribution in [1.82, 2.24) is 5.32 Å². The third-order valence-electron chi connectivity index (χ3n) is 3.51. The standard InChI is InChI=1S/C10H19NO2S2/c1-14-10(4-5-10)8-11-9-2-6-15(12,13)7-3-9/h9,11H,2-8H2,1H3. The molecule has 0 aromatic carbocycles. The van der Waals surface area contributed by atoms with Crippen molar-refractivity contribution in [2.75, 3.05) is 24.3 Å². The molecule has 1 N–H and O–H groups in total. The molecule has 5 heteroatoms. The van der Waals surface area contributed by atoms with Crippen LogP contribution in [0, 0.1) is 0 Å². The van der Waals surface area contributed by atoms with E-state index in [2.05, 4.69) is 11.6 Å². The molecule has 88 valence electrons. The van der Waals surface area contributed by atoms with E-state index >= 15 is 0 Å². The van der Waals surface area contributed by atoms with E-state index in [-0.39, 0.29) is 0 Å². The Labute approximate surface area is 96.3 Å². The lowest BCUT2D eigenvalue weighted by Gasteiger charge is -2.25. The highest BCUT2D eigenvalue weighted by Crippen LogP contribution is 2.46. The molecule has 0 atom stereocenters. The molecule has 3 nitrogen and oxygen atoms in total. The number of hydrogen-bond donors (Lipinski definition) is 1. The van der Waals surface area contributed by atoms with Crippen LogP contribution in [-0.2, 0) is 9.84 Å². The van der Waals surface area contributed by atoms with E-state index in [0.29, 0.717) is 22.3 Å². The molecule has 2 fully saturated rings. The lowest BCUT2D eigenvalue weighted by atomic mass is 10.1. The molecule has 0 radical (unpaired) electrons. The molecular weight excluding hydrogens is 230 g/mol. The van der Waals surface area contributed by atoms with Crippen molar-refractivity contribution < 1.29 is 8.42 Å². The highest BCUT2D eigenvalue weighted by molar-refractivity contribution is 8.00. The van der Waals surface area contributed by atoms with Crippen molar-refractivity contribution in [3.8, 4) is 0 Å². The van der Waals surface area contributed by atoms with Gasteiger partial charge >= 0.3 is 0 Å². The maximum atomic E-state index is 11.2. The predicted molar refractivity (Wildman–Crippen MR) is 65.2 cm³/mol.